The van der Waals surface area contributed by atoms with Crippen LogP contribution < -0.4 is 14.5 Å². The molecule has 3 rings (SSSR count). The van der Waals surface area contributed by atoms with E-state index in [1.165, 1.54) is 11.1 Å². The predicted molar refractivity (Wildman–Crippen MR) is 114 cm³/mol. The van der Waals surface area contributed by atoms with Crippen molar-refractivity contribution < 1.29 is 8.42 Å². The molecule has 2 aromatic heterocycles. The van der Waals surface area contributed by atoms with Gasteiger partial charge in [-0.05, 0) is 26.3 Å². The zero-order valence-corrected chi connectivity index (χ0v) is 17.5. The Hall–Kier alpha value is -3.08. The molecule has 0 bridgehead atoms. The summed E-state index contributed by atoms with van der Waals surface area (Å²) in [5.74, 6) is 1.22. The zero-order valence-electron chi connectivity index (χ0n) is 16.7. The lowest BCUT2D eigenvalue weighted by molar-refractivity contribution is 0.598. The first-order valence-corrected chi connectivity index (χ1v) is 11.0. The number of nitrogens with zero attached hydrogens (tertiary/aromatic N) is 5. The van der Waals surface area contributed by atoms with E-state index in [0.717, 1.165) is 12.6 Å². The molecule has 0 amide bonds. The van der Waals surface area contributed by atoms with Gasteiger partial charge in [0.15, 0.2) is 11.6 Å². The molecular weight excluding hydrogens is 392 g/mol. The van der Waals surface area contributed by atoms with Gasteiger partial charge in [0.1, 0.15) is 11.5 Å². The van der Waals surface area contributed by atoms with Crippen LogP contribution in [0.4, 0.5) is 17.2 Å². The van der Waals surface area contributed by atoms with Gasteiger partial charge in [-0.3, -0.25) is 25.4 Å². The van der Waals surface area contributed by atoms with E-state index in [0.29, 0.717) is 35.1 Å². The Morgan fingerprint density at radius 3 is 2.66 bits per heavy atom. The van der Waals surface area contributed by atoms with E-state index in [-0.39, 0.29) is 17.8 Å². The standard InChI is InChI=1S/C18H24N8O2S/c1-5-14-16(20)25(10-19)15-9-22-17(23-18(15)26(14)11(2)3)12-6-7-21-8-13(12)24-29(4,27)28/h6-11,14,19-20,24H,5H2,1-4H3. The van der Waals surface area contributed by atoms with E-state index in [2.05, 4.69) is 14.7 Å². The quantitative estimate of drug-likeness (QED) is 0.485. The number of amidine groups is 1. The van der Waals surface area contributed by atoms with Crippen molar-refractivity contribution in [3.05, 3.63) is 24.7 Å². The second kappa shape index (κ2) is 7.74. The average molecular weight is 417 g/mol. The average Bonchev–Trinajstić information content (AvgIpc) is 2.65. The van der Waals surface area contributed by atoms with Crippen molar-refractivity contribution in [2.75, 3.05) is 20.8 Å². The van der Waals surface area contributed by atoms with E-state index < -0.39 is 10.0 Å². The molecule has 1 aliphatic heterocycles. The molecule has 0 aliphatic carbocycles. The number of anilines is 3. The van der Waals surface area contributed by atoms with Crippen molar-refractivity contribution in [3.63, 3.8) is 0 Å². The third kappa shape index (κ3) is 3.90. The number of nitrogens with one attached hydrogen (secondary N) is 3. The van der Waals surface area contributed by atoms with Crippen LogP contribution in [-0.2, 0) is 10.0 Å². The van der Waals surface area contributed by atoms with Gasteiger partial charge in [-0.15, -0.1) is 0 Å². The zero-order chi connectivity index (χ0) is 21.3. The minimum atomic E-state index is -3.50. The normalized spacial score (nSPS) is 16.7. The summed E-state index contributed by atoms with van der Waals surface area (Å²) in [4.78, 5) is 16.6. The molecule has 0 saturated heterocycles. The lowest BCUT2D eigenvalue weighted by Crippen LogP contribution is -2.55. The fourth-order valence-electron chi connectivity index (χ4n) is 3.43. The summed E-state index contributed by atoms with van der Waals surface area (Å²) in [5.41, 5.74) is 1.32. The van der Waals surface area contributed by atoms with Crippen LogP contribution in [0, 0.1) is 10.8 Å². The van der Waals surface area contributed by atoms with Crippen molar-refractivity contribution >= 4 is 39.4 Å². The van der Waals surface area contributed by atoms with Gasteiger partial charge in [-0.2, -0.15) is 0 Å². The Labute approximate surface area is 170 Å². The SMILES string of the molecule is CCC1C(=N)N(C=N)c2cnc(-c3ccncc3NS(C)(=O)=O)nc2N1C(C)C. The van der Waals surface area contributed by atoms with Gasteiger partial charge >= 0.3 is 0 Å². The van der Waals surface area contributed by atoms with Gasteiger partial charge < -0.3 is 4.90 Å². The molecular formula is C18H24N8O2S. The number of hydrogen-bond acceptors (Lipinski definition) is 8. The van der Waals surface area contributed by atoms with Crippen molar-refractivity contribution in [1.82, 2.24) is 15.0 Å². The maximum absolute atomic E-state index is 11.7. The predicted octanol–water partition coefficient (Wildman–Crippen LogP) is 2.31. The van der Waals surface area contributed by atoms with E-state index in [1.54, 1.807) is 18.5 Å². The van der Waals surface area contributed by atoms with E-state index >= 15 is 0 Å². The lowest BCUT2D eigenvalue weighted by atomic mass is 10.0. The van der Waals surface area contributed by atoms with Gasteiger partial charge in [0.05, 0.1) is 36.7 Å². The summed E-state index contributed by atoms with van der Waals surface area (Å²) in [6.45, 7) is 6.02. The Bertz CT molecular complexity index is 1050. The molecule has 0 saturated carbocycles. The summed E-state index contributed by atoms with van der Waals surface area (Å²) < 4.78 is 25.9. The van der Waals surface area contributed by atoms with Gasteiger partial charge in [0.2, 0.25) is 10.0 Å². The molecule has 3 heterocycles. The first-order valence-electron chi connectivity index (χ1n) is 9.13. The van der Waals surface area contributed by atoms with Crippen LogP contribution in [-0.4, -0.2) is 53.9 Å². The first kappa shape index (κ1) is 20.6. The van der Waals surface area contributed by atoms with Gasteiger partial charge in [-0.25, -0.2) is 18.4 Å². The summed E-state index contributed by atoms with van der Waals surface area (Å²) >= 11 is 0. The molecule has 11 heteroatoms. The van der Waals surface area contributed by atoms with Crippen LogP contribution in [0.1, 0.15) is 27.2 Å². The van der Waals surface area contributed by atoms with Crippen LogP contribution in [0.15, 0.2) is 24.7 Å². The molecule has 29 heavy (non-hydrogen) atoms. The minimum absolute atomic E-state index is 0.0562. The molecule has 2 aromatic rings. The summed E-state index contributed by atoms with van der Waals surface area (Å²) in [7, 11) is -3.50. The molecule has 3 N–H and O–H groups in total. The van der Waals surface area contributed by atoms with Crippen molar-refractivity contribution in [2.24, 2.45) is 0 Å². The molecule has 0 spiro atoms. The highest BCUT2D eigenvalue weighted by Crippen LogP contribution is 2.37. The molecule has 10 nitrogen and oxygen atoms in total. The topological polar surface area (TPSA) is 139 Å². The third-order valence-electron chi connectivity index (χ3n) is 4.59. The summed E-state index contributed by atoms with van der Waals surface area (Å²) in [5, 5.41) is 16.2. The van der Waals surface area contributed by atoms with E-state index in [9.17, 15) is 8.42 Å². The molecule has 1 atom stereocenters. The van der Waals surface area contributed by atoms with Crippen LogP contribution >= 0.6 is 0 Å². The maximum atomic E-state index is 11.7. The Balaban J connectivity index is 2.20. The van der Waals surface area contributed by atoms with E-state index in [4.69, 9.17) is 15.8 Å². The highest BCUT2D eigenvalue weighted by Gasteiger charge is 2.37. The fourth-order valence-corrected chi connectivity index (χ4v) is 3.99. The molecule has 0 fully saturated rings. The monoisotopic (exact) mass is 416 g/mol. The van der Waals surface area contributed by atoms with Gasteiger partial charge in [0, 0.05) is 17.8 Å². The van der Waals surface area contributed by atoms with Crippen LogP contribution in [0.25, 0.3) is 11.4 Å². The fraction of sp³-hybridized carbons (Fsp3) is 0.389. The Morgan fingerprint density at radius 2 is 2.07 bits per heavy atom. The number of sulfonamides is 1. The first-order chi connectivity index (χ1) is 13.7. The van der Waals surface area contributed by atoms with Crippen LogP contribution in [0.2, 0.25) is 0 Å². The van der Waals surface area contributed by atoms with E-state index in [1.807, 2.05) is 25.7 Å². The highest BCUT2D eigenvalue weighted by molar-refractivity contribution is 7.92. The number of hydrogen-bond donors (Lipinski definition) is 3. The van der Waals surface area contributed by atoms with Crippen LogP contribution in [0.5, 0.6) is 0 Å². The molecule has 1 aliphatic rings. The van der Waals surface area contributed by atoms with Crippen LogP contribution in [0.3, 0.4) is 0 Å². The Kier molecular flexibility index (Phi) is 5.51. The molecule has 0 aromatic carbocycles. The largest absolute Gasteiger partial charge is 0.342 e. The number of rotatable bonds is 6. The van der Waals surface area contributed by atoms with Gasteiger partial charge in [0.25, 0.3) is 0 Å². The summed E-state index contributed by atoms with van der Waals surface area (Å²) in [6, 6.07) is 1.46. The van der Waals surface area contributed by atoms with Crippen molar-refractivity contribution in [2.45, 2.75) is 39.3 Å². The lowest BCUT2D eigenvalue weighted by Gasteiger charge is -2.44. The third-order valence-corrected chi connectivity index (χ3v) is 5.19. The molecule has 1 unspecified atom stereocenters. The number of pyridine rings is 1. The van der Waals surface area contributed by atoms with Crippen molar-refractivity contribution in [3.8, 4) is 11.4 Å². The minimum Gasteiger partial charge on any atom is -0.342 e. The second-order valence-electron chi connectivity index (χ2n) is 7.01. The number of fused-ring (bicyclic) bond motifs is 1. The highest BCUT2D eigenvalue weighted by atomic mass is 32.2. The number of aromatic nitrogens is 3. The van der Waals surface area contributed by atoms with Gasteiger partial charge in [-0.1, -0.05) is 6.92 Å². The second-order valence-corrected chi connectivity index (χ2v) is 8.76. The molecule has 154 valence electrons. The molecule has 0 radical (unpaired) electrons. The smallest absolute Gasteiger partial charge is 0.229 e. The maximum Gasteiger partial charge on any atom is 0.229 e. The summed E-state index contributed by atoms with van der Waals surface area (Å²) in [6.07, 6.45) is 7.35. The van der Waals surface area contributed by atoms with Crippen molar-refractivity contribution in [1.29, 1.82) is 10.8 Å². The Morgan fingerprint density at radius 1 is 1.34 bits per heavy atom.